The van der Waals surface area contributed by atoms with Crippen molar-refractivity contribution in [2.24, 2.45) is 0 Å². The zero-order valence-electron chi connectivity index (χ0n) is 11.5. The number of aliphatic hydroxyl groups is 1. The normalized spacial score (nSPS) is 18.6. The van der Waals surface area contributed by atoms with Crippen molar-refractivity contribution in [3.05, 3.63) is 65.7 Å². The van der Waals surface area contributed by atoms with Crippen LogP contribution in [-0.2, 0) is 6.42 Å². The third kappa shape index (κ3) is 2.08. The maximum atomic E-state index is 10.7. The molecule has 1 aliphatic rings. The van der Waals surface area contributed by atoms with Crippen LogP contribution in [-0.4, -0.2) is 20.1 Å². The molecule has 2 unspecified atom stereocenters. The first-order valence-electron chi connectivity index (χ1n) is 7.16. The minimum absolute atomic E-state index is 0.0108. The molecular weight excluding hydrogens is 262 g/mol. The summed E-state index contributed by atoms with van der Waals surface area (Å²) in [6.45, 7) is 0. The number of pyridine rings is 1. The van der Waals surface area contributed by atoms with Gasteiger partial charge < -0.3 is 5.11 Å². The number of aromatic nitrogens is 3. The van der Waals surface area contributed by atoms with Crippen molar-refractivity contribution in [3.63, 3.8) is 0 Å². The van der Waals surface area contributed by atoms with Crippen LogP contribution in [0.15, 0.2) is 48.8 Å². The van der Waals surface area contributed by atoms with Crippen molar-refractivity contribution in [1.29, 1.82) is 0 Å². The van der Waals surface area contributed by atoms with Gasteiger partial charge in [0.2, 0.25) is 0 Å². The van der Waals surface area contributed by atoms with Crippen LogP contribution in [0.4, 0.5) is 0 Å². The number of fused-ring (bicyclic) bond motifs is 2. The summed E-state index contributed by atoms with van der Waals surface area (Å²) in [5, 5.41) is 10.7. The molecule has 0 spiro atoms. The Labute approximate surface area is 122 Å². The Balaban J connectivity index is 1.72. The van der Waals surface area contributed by atoms with E-state index in [9.17, 15) is 5.11 Å². The predicted molar refractivity (Wildman–Crippen MR) is 79.8 cm³/mol. The van der Waals surface area contributed by atoms with E-state index >= 15 is 0 Å². The highest BCUT2D eigenvalue weighted by Gasteiger charge is 2.31. The van der Waals surface area contributed by atoms with Gasteiger partial charge in [-0.15, -0.1) is 0 Å². The standard InChI is InChI=1S/C17H15N3O/c21-17(12-8-7-11-4-3-9-18-16(11)12)15-10-19-13-5-1-2-6-14(13)20-15/h1-6,9-10,12,17,21H,7-8H2. The van der Waals surface area contributed by atoms with Crippen LogP contribution in [0.3, 0.4) is 0 Å². The van der Waals surface area contributed by atoms with E-state index in [2.05, 4.69) is 21.0 Å². The van der Waals surface area contributed by atoms with Gasteiger partial charge in [0.05, 0.1) is 22.9 Å². The summed E-state index contributed by atoms with van der Waals surface area (Å²) in [7, 11) is 0. The maximum Gasteiger partial charge on any atom is 0.106 e. The van der Waals surface area contributed by atoms with Crippen molar-refractivity contribution in [3.8, 4) is 0 Å². The molecule has 2 heterocycles. The lowest BCUT2D eigenvalue weighted by Crippen LogP contribution is -2.11. The molecule has 2 atom stereocenters. The molecule has 0 aliphatic heterocycles. The summed E-state index contributed by atoms with van der Waals surface area (Å²) < 4.78 is 0. The topological polar surface area (TPSA) is 58.9 Å². The average Bonchev–Trinajstić information content (AvgIpc) is 2.98. The number of rotatable bonds is 2. The van der Waals surface area contributed by atoms with Crippen LogP contribution in [0.2, 0.25) is 0 Å². The Bertz CT molecular complexity index is 803. The van der Waals surface area contributed by atoms with Crippen molar-refractivity contribution in [2.75, 3.05) is 0 Å². The van der Waals surface area contributed by atoms with Gasteiger partial charge in [-0.05, 0) is 36.6 Å². The van der Waals surface area contributed by atoms with Crippen molar-refractivity contribution >= 4 is 11.0 Å². The molecule has 4 nitrogen and oxygen atoms in total. The Hall–Kier alpha value is -2.33. The van der Waals surface area contributed by atoms with E-state index in [1.54, 1.807) is 12.4 Å². The maximum absolute atomic E-state index is 10.7. The van der Waals surface area contributed by atoms with E-state index in [-0.39, 0.29) is 5.92 Å². The second-order valence-corrected chi connectivity index (χ2v) is 5.42. The smallest absolute Gasteiger partial charge is 0.106 e. The van der Waals surface area contributed by atoms with Gasteiger partial charge in [-0.25, -0.2) is 4.98 Å². The summed E-state index contributed by atoms with van der Waals surface area (Å²) in [6.07, 6.45) is 4.68. The summed E-state index contributed by atoms with van der Waals surface area (Å²) in [4.78, 5) is 13.4. The molecule has 2 aromatic heterocycles. The molecular formula is C17H15N3O. The van der Waals surface area contributed by atoms with E-state index in [4.69, 9.17) is 0 Å². The number of benzene rings is 1. The van der Waals surface area contributed by atoms with Gasteiger partial charge in [-0.1, -0.05) is 18.2 Å². The molecule has 104 valence electrons. The number of hydrogen-bond donors (Lipinski definition) is 1. The van der Waals surface area contributed by atoms with Crippen molar-refractivity contribution in [2.45, 2.75) is 24.9 Å². The van der Waals surface area contributed by atoms with Gasteiger partial charge in [0.15, 0.2) is 0 Å². The van der Waals surface area contributed by atoms with E-state index < -0.39 is 6.10 Å². The number of aliphatic hydroxyl groups excluding tert-OH is 1. The van der Waals surface area contributed by atoms with E-state index in [0.717, 1.165) is 29.6 Å². The minimum atomic E-state index is -0.654. The van der Waals surface area contributed by atoms with Crippen LogP contribution in [0, 0.1) is 0 Å². The first kappa shape index (κ1) is 12.4. The fourth-order valence-corrected chi connectivity index (χ4v) is 3.07. The Morgan fingerprint density at radius 1 is 1.05 bits per heavy atom. The Morgan fingerprint density at radius 2 is 1.90 bits per heavy atom. The molecule has 0 amide bonds. The molecule has 0 radical (unpaired) electrons. The zero-order chi connectivity index (χ0) is 14.2. The van der Waals surface area contributed by atoms with Crippen LogP contribution in [0.5, 0.6) is 0 Å². The van der Waals surface area contributed by atoms with Gasteiger partial charge >= 0.3 is 0 Å². The molecule has 3 aromatic rings. The van der Waals surface area contributed by atoms with Crippen LogP contribution < -0.4 is 0 Å². The Kier molecular flexibility index (Phi) is 2.89. The monoisotopic (exact) mass is 277 g/mol. The molecule has 21 heavy (non-hydrogen) atoms. The number of hydrogen-bond acceptors (Lipinski definition) is 4. The summed E-state index contributed by atoms with van der Waals surface area (Å²) in [5.41, 5.74) is 4.51. The summed E-state index contributed by atoms with van der Waals surface area (Å²) in [6, 6.07) is 11.7. The first-order valence-corrected chi connectivity index (χ1v) is 7.16. The number of nitrogens with zero attached hydrogens (tertiary/aromatic N) is 3. The quantitative estimate of drug-likeness (QED) is 0.782. The van der Waals surface area contributed by atoms with Crippen LogP contribution >= 0.6 is 0 Å². The van der Waals surface area contributed by atoms with Gasteiger partial charge in [0, 0.05) is 17.8 Å². The molecule has 1 N–H and O–H groups in total. The molecule has 0 saturated carbocycles. The SMILES string of the molecule is OC(c1cnc2ccccc2n1)C1CCc2cccnc21. The van der Waals surface area contributed by atoms with E-state index in [1.165, 1.54) is 5.56 Å². The second-order valence-electron chi connectivity index (χ2n) is 5.42. The van der Waals surface area contributed by atoms with Gasteiger partial charge in [0.1, 0.15) is 6.10 Å². The predicted octanol–water partition coefficient (Wildman–Crippen LogP) is 2.79. The Morgan fingerprint density at radius 3 is 2.81 bits per heavy atom. The summed E-state index contributed by atoms with van der Waals surface area (Å²) in [5.74, 6) is 0.0108. The third-order valence-electron chi connectivity index (χ3n) is 4.15. The molecule has 0 fully saturated rings. The lowest BCUT2D eigenvalue weighted by molar-refractivity contribution is 0.139. The van der Waals surface area contributed by atoms with Crippen molar-refractivity contribution in [1.82, 2.24) is 15.0 Å². The molecule has 1 aliphatic carbocycles. The van der Waals surface area contributed by atoms with Crippen molar-refractivity contribution < 1.29 is 5.11 Å². The highest BCUT2D eigenvalue weighted by Crippen LogP contribution is 2.39. The highest BCUT2D eigenvalue weighted by molar-refractivity contribution is 5.73. The summed E-state index contributed by atoms with van der Waals surface area (Å²) >= 11 is 0. The van der Waals surface area contributed by atoms with E-state index in [1.807, 2.05) is 30.3 Å². The highest BCUT2D eigenvalue weighted by atomic mass is 16.3. The van der Waals surface area contributed by atoms with E-state index in [0.29, 0.717) is 5.69 Å². The number of para-hydroxylation sites is 2. The third-order valence-corrected chi connectivity index (χ3v) is 4.15. The fourth-order valence-electron chi connectivity index (χ4n) is 3.07. The van der Waals surface area contributed by atoms with Crippen LogP contribution in [0.1, 0.15) is 35.4 Å². The lowest BCUT2D eigenvalue weighted by Gasteiger charge is -2.17. The largest absolute Gasteiger partial charge is 0.386 e. The fraction of sp³-hybridized carbons (Fsp3) is 0.235. The second kappa shape index (κ2) is 4.90. The molecule has 4 rings (SSSR count). The van der Waals surface area contributed by atoms with Gasteiger partial charge in [-0.3, -0.25) is 9.97 Å². The molecule has 0 bridgehead atoms. The molecule has 4 heteroatoms. The molecule has 1 aromatic carbocycles. The first-order chi connectivity index (χ1) is 10.3. The average molecular weight is 277 g/mol. The van der Waals surface area contributed by atoms with Gasteiger partial charge in [0.25, 0.3) is 0 Å². The number of aryl methyl sites for hydroxylation is 1. The van der Waals surface area contributed by atoms with Crippen LogP contribution in [0.25, 0.3) is 11.0 Å². The van der Waals surface area contributed by atoms with Gasteiger partial charge in [-0.2, -0.15) is 0 Å². The zero-order valence-corrected chi connectivity index (χ0v) is 11.5. The molecule has 0 saturated heterocycles. The lowest BCUT2D eigenvalue weighted by atomic mass is 9.97. The minimum Gasteiger partial charge on any atom is -0.386 e.